The van der Waals surface area contributed by atoms with E-state index in [1.807, 2.05) is 24.3 Å². The highest BCUT2D eigenvalue weighted by atomic mass is 32.1. The van der Waals surface area contributed by atoms with Crippen LogP contribution in [-0.2, 0) is 6.61 Å². The Hall–Kier alpha value is -1.87. The molecule has 2 N–H and O–H groups in total. The van der Waals surface area contributed by atoms with Crippen LogP contribution in [0.3, 0.4) is 0 Å². The van der Waals surface area contributed by atoms with Crippen LogP contribution in [0.1, 0.15) is 16.7 Å². The summed E-state index contributed by atoms with van der Waals surface area (Å²) in [6.07, 6.45) is 0. The van der Waals surface area contributed by atoms with Crippen molar-refractivity contribution in [1.29, 1.82) is 0 Å². The summed E-state index contributed by atoms with van der Waals surface area (Å²) in [5.41, 5.74) is 8.79. The molecular formula is C15H15NOS. The maximum atomic E-state index is 5.71. The topological polar surface area (TPSA) is 35.2 Å². The molecule has 3 heteroatoms. The second-order valence-corrected chi connectivity index (χ2v) is 4.61. The Bertz CT molecular complexity index is 549. The minimum atomic E-state index is 0.385. The van der Waals surface area contributed by atoms with Gasteiger partial charge in [-0.25, -0.2) is 0 Å². The molecule has 2 rings (SSSR count). The average molecular weight is 257 g/mol. The van der Waals surface area contributed by atoms with Crippen molar-refractivity contribution in [3.8, 4) is 5.75 Å². The third kappa shape index (κ3) is 3.31. The Balaban J connectivity index is 2.04. The monoisotopic (exact) mass is 257 g/mol. The highest BCUT2D eigenvalue weighted by molar-refractivity contribution is 7.80. The molecule has 2 aromatic rings. The smallest absolute Gasteiger partial charge is 0.120 e. The number of hydrogen-bond donors (Lipinski definition) is 1. The van der Waals surface area contributed by atoms with E-state index in [4.69, 9.17) is 22.7 Å². The van der Waals surface area contributed by atoms with E-state index in [1.165, 1.54) is 5.56 Å². The minimum absolute atomic E-state index is 0.385. The SMILES string of the molecule is Cc1ccc(COc2cccc(C(N)=S)c2)cc1. The Morgan fingerprint density at radius 2 is 1.89 bits per heavy atom. The maximum Gasteiger partial charge on any atom is 0.120 e. The van der Waals surface area contributed by atoms with Crippen molar-refractivity contribution < 1.29 is 4.74 Å². The molecule has 0 aliphatic carbocycles. The number of thiocarbonyl (C=S) groups is 1. The number of nitrogens with two attached hydrogens (primary N) is 1. The lowest BCUT2D eigenvalue weighted by Gasteiger charge is -2.08. The van der Waals surface area contributed by atoms with Crippen molar-refractivity contribution in [1.82, 2.24) is 0 Å². The van der Waals surface area contributed by atoms with Crippen molar-refractivity contribution >= 4 is 17.2 Å². The average Bonchev–Trinajstić information content (AvgIpc) is 2.38. The van der Waals surface area contributed by atoms with Gasteiger partial charge in [0.2, 0.25) is 0 Å². The molecule has 0 aromatic heterocycles. The lowest BCUT2D eigenvalue weighted by Crippen LogP contribution is -2.09. The largest absolute Gasteiger partial charge is 0.489 e. The molecule has 18 heavy (non-hydrogen) atoms. The summed E-state index contributed by atoms with van der Waals surface area (Å²) in [5.74, 6) is 0.779. The van der Waals surface area contributed by atoms with Crippen molar-refractivity contribution in [3.63, 3.8) is 0 Å². The molecule has 92 valence electrons. The fourth-order valence-electron chi connectivity index (χ4n) is 1.59. The van der Waals surface area contributed by atoms with Crippen LogP contribution in [0.2, 0.25) is 0 Å². The van der Waals surface area contributed by atoms with Gasteiger partial charge in [0, 0.05) is 5.56 Å². The summed E-state index contributed by atoms with van der Waals surface area (Å²) in [6.45, 7) is 2.61. The fraction of sp³-hybridized carbons (Fsp3) is 0.133. The molecule has 0 aliphatic heterocycles. The van der Waals surface area contributed by atoms with Crippen LogP contribution in [0, 0.1) is 6.92 Å². The number of rotatable bonds is 4. The first-order valence-electron chi connectivity index (χ1n) is 5.73. The molecule has 2 nitrogen and oxygen atoms in total. The Kier molecular flexibility index (Phi) is 3.95. The van der Waals surface area contributed by atoms with Crippen LogP contribution in [0.15, 0.2) is 48.5 Å². The normalized spacial score (nSPS) is 10.1. The summed E-state index contributed by atoms with van der Waals surface area (Å²) >= 11 is 4.94. The van der Waals surface area contributed by atoms with E-state index in [2.05, 4.69) is 31.2 Å². The van der Waals surface area contributed by atoms with E-state index in [0.717, 1.165) is 16.9 Å². The van der Waals surface area contributed by atoms with Crippen molar-refractivity contribution in [2.75, 3.05) is 0 Å². The number of benzene rings is 2. The van der Waals surface area contributed by atoms with E-state index in [1.54, 1.807) is 0 Å². The van der Waals surface area contributed by atoms with Gasteiger partial charge in [-0.3, -0.25) is 0 Å². The first kappa shape index (κ1) is 12.6. The molecule has 0 atom stereocenters. The van der Waals surface area contributed by atoms with Crippen LogP contribution < -0.4 is 10.5 Å². The van der Waals surface area contributed by atoms with E-state index in [-0.39, 0.29) is 0 Å². The van der Waals surface area contributed by atoms with E-state index < -0.39 is 0 Å². The van der Waals surface area contributed by atoms with Gasteiger partial charge >= 0.3 is 0 Å². The highest BCUT2D eigenvalue weighted by Gasteiger charge is 2.00. The van der Waals surface area contributed by atoms with Crippen LogP contribution >= 0.6 is 12.2 Å². The van der Waals surface area contributed by atoms with Gasteiger partial charge in [-0.15, -0.1) is 0 Å². The van der Waals surface area contributed by atoms with Crippen LogP contribution in [0.4, 0.5) is 0 Å². The lowest BCUT2D eigenvalue weighted by atomic mass is 10.2. The second-order valence-electron chi connectivity index (χ2n) is 4.17. The fourth-order valence-corrected chi connectivity index (χ4v) is 1.72. The van der Waals surface area contributed by atoms with E-state index in [9.17, 15) is 0 Å². The van der Waals surface area contributed by atoms with Gasteiger partial charge in [0.25, 0.3) is 0 Å². The number of hydrogen-bond acceptors (Lipinski definition) is 2. The third-order valence-corrected chi connectivity index (χ3v) is 2.88. The zero-order chi connectivity index (χ0) is 13.0. The predicted molar refractivity (Wildman–Crippen MR) is 77.8 cm³/mol. The summed E-state index contributed by atoms with van der Waals surface area (Å²) in [5, 5.41) is 0. The molecule has 0 saturated heterocycles. The summed E-state index contributed by atoms with van der Waals surface area (Å²) in [6, 6.07) is 15.8. The lowest BCUT2D eigenvalue weighted by molar-refractivity contribution is 0.306. The minimum Gasteiger partial charge on any atom is -0.489 e. The van der Waals surface area contributed by atoms with E-state index in [0.29, 0.717) is 11.6 Å². The molecule has 0 bridgehead atoms. The molecule has 0 heterocycles. The molecule has 0 unspecified atom stereocenters. The second kappa shape index (κ2) is 5.65. The predicted octanol–water partition coefficient (Wildman–Crippen LogP) is 3.21. The molecule has 0 amide bonds. The zero-order valence-electron chi connectivity index (χ0n) is 10.2. The summed E-state index contributed by atoms with van der Waals surface area (Å²) < 4.78 is 5.71. The summed E-state index contributed by atoms with van der Waals surface area (Å²) in [7, 11) is 0. The van der Waals surface area contributed by atoms with Crippen molar-refractivity contribution in [2.45, 2.75) is 13.5 Å². The van der Waals surface area contributed by atoms with Gasteiger partial charge in [-0.05, 0) is 24.6 Å². The molecule has 0 aliphatic rings. The molecule has 0 saturated carbocycles. The highest BCUT2D eigenvalue weighted by Crippen LogP contribution is 2.15. The van der Waals surface area contributed by atoms with Crippen LogP contribution in [0.5, 0.6) is 5.75 Å². The van der Waals surface area contributed by atoms with Gasteiger partial charge < -0.3 is 10.5 Å². The molecular weight excluding hydrogens is 242 g/mol. The quantitative estimate of drug-likeness (QED) is 0.854. The first-order chi connectivity index (χ1) is 8.65. The van der Waals surface area contributed by atoms with Crippen molar-refractivity contribution in [3.05, 3.63) is 65.2 Å². The Labute approximate surface area is 112 Å². The maximum absolute atomic E-state index is 5.71. The Morgan fingerprint density at radius 1 is 1.17 bits per heavy atom. The number of aryl methyl sites for hydroxylation is 1. The number of ether oxygens (including phenoxy) is 1. The van der Waals surface area contributed by atoms with E-state index >= 15 is 0 Å². The summed E-state index contributed by atoms with van der Waals surface area (Å²) in [4.78, 5) is 0.385. The first-order valence-corrected chi connectivity index (χ1v) is 6.14. The third-order valence-electron chi connectivity index (χ3n) is 2.64. The van der Waals surface area contributed by atoms with Gasteiger partial charge in [0.15, 0.2) is 0 Å². The molecule has 2 aromatic carbocycles. The Morgan fingerprint density at radius 3 is 2.56 bits per heavy atom. The molecule has 0 spiro atoms. The molecule has 0 radical (unpaired) electrons. The van der Waals surface area contributed by atoms with Crippen LogP contribution in [0.25, 0.3) is 0 Å². The van der Waals surface area contributed by atoms with Gasteiger partial charge in [-0.1, -0.05) is 54.2 Å². The zero-order valence-corrected chi connectivity index (χ0v) is 11.0. The van der Waals surface area contributed by atoms with Gasteiger partial charge in [0.05, 0.1) is 0 Å². The molecule has 0 fully saturated rings. The van der Waals surface area contributed by atoms with Gasteiger partial charge in [-0.2, -0.15) is 0 Å². The standard InChI is InChI=1S/C15H15NOS/c1-11-5-7-12(8-6-11)10-17-14-4-2-3-13(9-14)15(16)18/h2-9H,10H2,1H3,(H2,16,18). The van der Waals surface area contributed by atoms with Gasteiger partial charge in [0.1, 0.15) is 17.3 Å². The van der Waals surface area contributed by atoms with Crippen molar-refractivity contribution in [2.24, 2.45) is 5.73 Å². The van der Waals surface area contributed by atoms with Crippen LogP contribution in [-0.4, -0.2) is 4.99 Å².